The second kappa shape index (κ2) is 6.31. The monoisotopic (exact) mass is 333 g/mol. The molecule has 114 valence electrons. The van der Waals surface area contributed by atoms with E-state index in [1.165, 1.54) is 11.1 Å². The quantitative estimate of drug-likeness (QED) is 0.814. The van der Waals surface area contributed by atoms with Crippen LogP contribution in [0.2, 0.25) is 10.0 Å². The summed E-state index contributed by atoms with van der Waals surface area (Å²) in [6.45, 7) is 0.782. The van der Waals surface area contributed by atoms with Crippen LogP contribution in [0.3, 0.4) is 0 Å². The summed E-state index contributed by atoms with van der Waals surface area (Å²) in [6, 6.07) is 11.6. The molecule has 2 aromatic carbocycles. The van der Waals surface area contributed by atoms with E-state index in [2.05, 4.69) is 6.07 Å². The molecule has 0 unspecified atom stereocenters. The van der Waals surface area contributed by atoms with E-state index in [0.717, 1.165) is 36.9 Å². The van der Waals surface area contributed by atoms with Gasteiger partial charge in [-0.3, -0.25) is 4.79 Å². The first-order chi connectivity index (χ1) is 10.6. The van der Waals surface area contributed by atoms with Crippen LogP contribution in [0.25, 0.3) is 0 Å². The molecule has 4 heteroatoms. The van der Waals surface area contributed by atoms with Crippen molar-refractivity contribution in [3.63, 3.8) is 0 Å². The van der Waals surface area contributed by atoms with E-state index < -0.39 is 0 Å². The molecule has 2 nitrogen and oxygen atoms in total. The highest BCUT2D eigenvalue weighted by atomic mass is 35.5. The molecule has 3 rings (SSSR count). The maximum atomic E-state index is 12.2. The third-order valence-electron chi connectivity index (χ3n) is 4.23. The number of carbonyl (C=O) groups is 1. The van der Waals surface area contributed by atoms with Crippen molar-refractivity contribution in [2.45, 2.75) is 19.3 Å². The lowest BCUT2D eigenvalue weighted by molar-refractivity contribution is 0.0780. The molecule has 0 atom stereocenters. The molecule has 1 aliphatic heterocycles. The number of hydrogen-bond acceptors (Lipinski definition) is 1. The Kier molecular flexibility index (Phi) is 4.42. The van der Waals surface area contributed by atoms with Gasteiger partial charge < -0.3 is 4.90 Å². The molecule has 0 spiro atoms. The first-order valence-corrected chi connectivity index (χ1v) is 8.12. The van der Waals surface area contributed by atoms with Crippen molar-refractivity contribution < 1.29 is 4.79 Å². The van der Waals surface area contributed by atoms with Crippen molar-refractivity contribution in [3.05, 3.63) is 68.7 Å². The molecule has 1 heterocycles. The van der Waals surface area contributed by atoms with Crippen LogP contribution in [0.5, 0.6) is 0 Å². The highest BCUT2D eigenvalue weighted by Gasteiger charge is 2.23. The van der Waals surface area contributed by atoms with Gasteiger partial charge in [-0.05, 0) is 54.2 Å². The lowest BCUT2D eigenvalue weighted by atomic mass is 9.91. The summed E-state index contributed by atoms with van der Waals surface area (Å²) < 4.78 is 0. The third-order valence-corrected chi connectivity index (χ3v) is 4.81. The van der Waals surface area contributed by atoms with Gasteiger partial charge in [-0.2, -0.15) is 0 Å². The molecule has 1 aliphatic rings. The van der Waals surface area contributed by atoms with Crippen LogP contribution in [0, 0.1) is 0 Å². The number of carbonyl (C=O) groups excluding carboxylic acids is 1. The molecule has 0 aliphatic carbocycles. The van der Waals surface area contributed by atoms with E-state index in [9.17, 15) is 4.79 Å². The number of amides is 1. The van der Waals surface area contributed by atoms with Crippen molar-refractivity contribution in [2.75, 3.05) is 13.6 Å². The lowest BCUT2D eigenvalue weighted by Crippen LogP contribution is -2.34. The lowest BCUT2D eigenvalue weighted by Gasteiger charge is -2.26. The summed E-state index contributed by atoms with van der Waals surface area (Å²) in [5.41, 5.74) is 4.36. The number of hydrogen-bond donors (Lipinski definition) is 0. The van der Waals surface area contributed by atoms with Crippen molar-refractivity contribution >= 4 is 29.1 Å². The normalized spacial score (nSPS) is 14.1. The van der Waals surface area contributed by atoms with Crippen molar-refractivity contribution in [1.29, 1.82) is 0 Å². The van der Waals surface area contributed by atoms with Crippen molar-refractivity contribution in [3.8, 4) is 0 Å². The molecule has 0 bridgehead atoms. The molecule has 0 radical (unpaired) electrons. The smallest absolute Gasteiger partial charge is 0.253 e. The zero-order valence-corrected chi connectivity index (χ0v) is 13.9. The highest BCUT2D eigenvalue weighted by Crippen LogP contribution is 2.26. The summed E-state index contributed by atoms with van der Waals surface area (Å²) in [7, 11) is 1.85. The van der Waals surface area contributed by atoms with Gasteiger partial charge in [-0.1, -0.05) is 41.4 Å². The highest BCUT2D eigenvalue weighted by molar-refractivity contribution is 6.35. The second-order valence-corrected chi connectivity index (χ2v) is 6.50. The van der Waals surface area contributed by atoms with Gasteiger partial charge in [0.15, 0.2) is 0 Å². The fourth-order valence-corrected chi connectivity index (χ4v) is 3.45. The minimum Gasteiger partial charge on any atom is -0.341 e. The van der Waals surface area contributed by atoms with Gasteiger partial charge in [0.2, 0.25) is 0 Å². The van der Waals surface area contributed by atoms with Gasteiger partial charge in [-0.25, -0.2) is 0 Å². The van der Waals surface area contributed by atoms with Crippen molar-refractivity contribution in [2.24, 2.45) is 0 Å². The largest absolute Gasteiger partial charge is 0.341 e. The zero-order valence-electron chi connectivity index (χ0n) is 12.4. The van der Waals surface area contributed by atoms with E-state index in [-0.39, 0.29) is 5.91 Å². The molecule has 0 fully saturated rings. The van der Waals surface area contributed by atoms with E-state index in [4.69, 9.17) is 23.2 Å². The minimum absolute atomic E-state index is 0.118. The standard InChI is InChI=1S/C18H17Cl2NO/c1-21-10-9-15-12(3-2-4-16(15)18(21)22)5-6-13-7-8-14(19)11-17(13)20/h2-4,7-8,11H,5-6,9-10H2,1H3. The molecule has 22 heavy (non-hydrogen) atoms. The molecule has 1 amide bonds. The van der Waals surface area contributed by atoms with E-state index in [1.54, 1.807) is 11.0 Å². The summed E-state index contributed by atoms with van der Waals surface area (Å²) in [5.74, 6) is 0.118. The Bertz CT molecular complexity index is 727. The molecule has 2 aromatic rings. The molecular formula is C18H17Cl2NO. The number of likely N-dealkylation sites (N-methyl/N-ethyl adjacent to an activating group) is 1. The molecular weight excluding hydrogens is 317 g/mol. The average Bonchev–Trinajstić information content (AvgIpc) is 2.50. The van der Waals surface area contributed by atoms with Crippen LogP contribution >= 0.6 is 23.2 Å². The Morgan fingerprint density at radius 1 is 1.09 bits per heavy atom. The number of fused-ring (bicyclic) bond motifs is 1. The molecule has 0 saturated heterocycles. The van der Waals surface area contributed by atoms with Crippen molar-refractivity contribution in [1.82, 2.24) is 4.90 Å². The third kappa shape index (κ3) is 2.99. The second-order valence-electron chi connectivity index (χ2n) is 5.66. The van der Waals surface area contributed by atoms with Crippen LogP contribution in [-0.2, 0) is 19.3 Å². The number of halogens is 2. The van der Waals surface area contributed by atoms with Gasteiger partial charge in [0.25, 0.3) is 5.91 Å². The van der Waals surface area contributed by atoms with Crippen LogP contribution < -0.4 is 0 Å². The Labute approximate surface area is 140 Å². The predicted molar refractivity (Wildman–Crippen MR) is 91.0 cm³/mol. The zero-order chi connectivity index (χ0) is 15.7. The number of nitrogens with zero attached hydrogens (tertiary/aromatic N) is 1. The molecule has 0 saturated carbocycles. The Morgan fingerprint density at radius 3 is 2.64 bits per heavy atom. The van der Waals surface area contributed by atoms with Gasteiger partial charge in [0.05, 0.1) is 0 Å². The van der Waals surface area contributed by atoms with Gasteiger partial charge in [0, 0.05) is 29.2 Å². The van der Waals surface area contributed by atoms with Crippen LogP contribution in [-0.4, -0.2) is 24.4 Å². The maximum Gasteiger partial charge on any atom is 0.253 e. The summed E-state index contributed by atoms with van der Waals surface area (Å²) in [4.78, 5) is 14.0. The topological polar surface area (TPSA) is 20.3 Å². The fraction of sp³-hybridized carbons (Fsp3) is 0.278. The number of rotatable bonds is 3. The summed E-state index contributed by atoms with van der Waals surface area (Å²) in [6.07, 6.45) is 2.64. The van der Waals surface area contributed by atoms with Crippen LogP contribution in [0.15, 0.2) is 36.4 Å². The number of benzene rings is 2. The van der Waals surface area contributed by atoms with E-state index in [1.807, 2.05) is 31.3 Å². The first-order valence-electron chi connectivity index (χ1n) is 7.36. The van der Waals surface area contributed by atoms with Crippen LogP contribution in [0.4, 0.5) is 0 Å². The van der Waals surface area contributed by atoms with Crippen LogP contribution in [0.1, 0.15) is 27.0 Å². The average molecular weight is 334 g/mol. The molecule has 0 N–H and O–H groups in total. The minimum atomic E-state index is 0.118. The Balaban J connectivity index is 1.83. The predicted octanol–water partition coefficient (Wildman–Crippen LogP) is 4.41. The molecule has 0 aromatic heterocycles. The van der Waals surface area contributed by atoms with Gasteiger partial charge in [0.1, 0.15) is 0 Å². The van der Waals surface area contributed by atoms with Gasteiger partial charge >= 0.3 is 0 Å². The van der Waals surface area contributed by atoms with E-state index in [0.29, 0.717) is 10.0 Å². The Hall–Kier alpha value is -1.51. The van der Waals surface area contributed by atoms with E-state index >= 15 is 0 Å². The first kappa shape index (κ1) is 15.4. The fourth-order valence-electron chi connectivity index (χ4n) is 2.94. The van der Waals surface area contributed by atoms with Gasteiger partial charge in [-0.15, -0.1) is 0 Å². The summed E-state index contributed by atoms with van der Waals surface area (Å²) >= 11 is 12.2. The Morgan fingerprint density at radius 2 is 1.86 bits per heavy atom. The maximum absolute atomic E-state index is 12.2. The summed E-state index contributed by atoms with van der Waals surface area (Å²) in [5, 5.41) is 1.35. The SMILES string of the molecule is CN1CCc2c(CCc3ccc(Cl)cc3Cl)cccc2C1=O. The number of aryl methyl sites for hydroxylation is 2.